The van der Waals surface area contributed by atoms with Gasteiger partial charge in [-0.15, -0.1) is 0 Å². The van der Waals surface area contributed by atoms with E-state index in [1.807, 2.05) is 6.20 Å². The van der Waals surface area contributed by atoms with Crippen LogP contribution >= 0.6 is 0 Å². The van der Waals surface area contributed by atoms with Crippen molar-refractivity contribution in [1.82, 2.24) is 15.3 Å². The van der Waals surface area contributed by atoms with Gasteiger partial charge in [-0.05, 0) is 39.0 Å². The fourth-order valence-corrected chi connectivity index (χ4v) is 3.56. The molecule has 3 heterocycles. The van der Waals surface area contributed by atoms with Crippen LogP contribution < -0.4 is 15.1 Å². The fraction of sp³-hybridized carbons (Fsp3) is 0.722. The number of rotatable bonds is 5. The Hall–Kier alpha value is -1.85. The van der Waals surface area contributed by atoms with E-state index in [-0.39, 0.29) is 17.9 Å². The summed E-state index contributed by atoms with van der Waals surface area (Å²) in [7, 11) is 0. The van der Waals surface area contributed by atoms with E-state index in [0.29, 0.717) is 0 Å². The Labute approximate surface area is 144 Å². The molecular formula is C18H29N5O. The lowest BCUT2D eigenvalue weighted by molar-refractivity contribution is -0.126. The number of nitrogens with one attached hydrogen (secondary N) is 1. The van der Waals surface area contributed by atoms with Crippen LogP contribution in [-0.4, -0.2) is 48.1 Å². The lowest BCUT2D eigenvalue weighted by atomic mass is 9.95. The molecule has 0 aliphatic carbocycles. The second kappa shape index (κ2) is 7.81. The van der Waals surface area contributed by atoms with Gasteiger partial charge in [0.15, 0.2) is 5.82 Å². The molecule has 24 heavy (non-hydrogen) atoms. The number of piperidine rings is 1. The fourth-order valence-electron chi connectivity index (χ4n) is 3.56. The molecule has 6 heteroatoms. The quantitative estimate of drug-likeness (QED) is 0.896. The van der Waals surface area contributed by atoms with Crippen LogP contribution in [0, 0.1) is 5.92 Å². The largest absolute Gasteiger partial charge is 0.367 e. The van der Waals surface area contributed by atoms with Crippen molar-refractivity contribution in [3.05, 3.63) is 12.5 Å². The first-order valence-corrected chi connectivity index (χ1v) is 9.29. The van der Waals surface area contributed by atoms with E-state index in [0.717, 1.165) is 56.9 Å². The molecule has 1 atom stereocenters. The summed E-state index contributed by atoms with van der Waals surface area (Å²) in [4.78, 5) is 25.8. The zero-order chi connectivity index (χ0) is 16.9. The number of amides is 1. The van der Waals surface area contributed by atoms with Crippen molar-refractivity contribution >= 4 is 17.4 Å². The Bertz CT molecular complexity index is 550. The van der Waals surface area contributed by atoms with Gasteiger partial charge in [-0.2, -0.15) is 0 Å². The predicted molar refractivity (Wildman–Crippen MR) is 96.3 cm³/mol. The molecule has 132 valence electrons. The molecular weight excluding hydrogens is 302 g/mol. The van der Waals surface area contributed by atoms with Gasteiger partial charge < -0.3 is 15.1 Å². The summed E-state index contributed by atoms with van der Waals surface area (Å²) in [6, 6.07) is 0.264. The molecule has 1 aromatic heterocycles. The van der Waals surface area contributed by atoms with Crippen molar-refractivity contribution in [2.24, 2.45) is 5.92 Å². The molecule has 0 unspecified atom stereocenters. The topological polar surface area (TPSA) is 61.4 Å². The minimum absolute atomic E-state index is 0.134. The number of carbonyl (C=O) groups is 1. The second-order valence-corrected chi connectivity index (χ2v) is 7.00. The predicted octanol–water partition coefficient (Wildman–Crippen LogP) is 2.21. The van der Waals surface area contributed by atoms with E-state index in [4.69, 9.17) is 0 Å². The summed E-state index contributed by atoms with van der Waals surface area (Å²) in [6.07, 6.45) is 8.82. The van der Waals surface area contributed by atoms with Gasteiger partial charge in [0.25, 0.3) is 0 Å². The molecule has 0 spiro atoms. The first kappa shape index (κ1) is 17.0. The number of hydrogen-bond acceptors (Lipinski definition) is 5. The maximum Gasteiger partial charge on any atom is 0.223 e. The van der Waals surface area contributed by atoms with Crippen molar-refractivity contribution in [1.29, 1.82) is 0 Å². The van der Waals surface area contributed by atoms with Crippen LogP contribution in [0.5, 0.6) is 0 Å². The standard InChI is InChI=1S/C18H29N5O/c1-3-14(2)21-18(24)15-6-10-22(11-7-15)16-12-19-13-20-17(16)23-8-4-5-9-23/h12-15H,3-11H2,1-2H3,(H,21,24)/t14-/m0/s1. The van der Waals surface area contributed by atoms with E-state index in [1.165, 1.54) is 12.8 Å². The Morgan fingerprint density at radius 2 is 1.96 bits per heavy atom. The lowest BCUT2D eigenvalue weighted by Crippen LogP contribution is -2.43. The average molecular weight is 331 g/mol. The van der Waals surface area contributed by atoms with Crippen LogP contribution in [-0.2, 0) is 4.79 Å². The van der Waals surface area contributed by atoms with Crippen molar-refractivity contribution in [3.8, 4) is 0 Å². The normalized spacial score (nSPS) is 20.2. The summed E-state index contributed by atoms with van der Waals surface area (Å²) < 4.78 is 0. The van der Waals surface area contributed by atoms with E-state index >= 15 is 0 Å². The van der Waals surface area contributed by atoms with E-state index in [2.05, 4.69) is 38.9 Å². The molecule has 2 fully saturated rings. The lowest BCUT2D eigenvalue weighted by Gasteiger charge is -2.35. The Morgan fingerprint density at radius 3 is 2.62 bits per heavy atom. The minimum Gasteiger partial charge on any atom is -0.367 e. The van der Waals surface area contributed by atoms with Gasteiger partial charge in [0.05, 0.1) is 11.9 Å². The monoisotopic (exact) mass is 331 g/mol. The van der Waals surface area contributed by atoms with Crippen molar-refractivity contribution < 1.29 is 4.79 Å². The summed E-state index contributed by atoms with van der Waals surface area (Å²) >= 11 is 0. The van der Waals surface area contributed by atoms with Crippen molar-refractivity contribution in [2.75, 3.05) is 36.0 Å². The third-order valence-corrected chi connectivity index (χ3v) is 5.29. The Morgan fingerprint density at radius 1 is 1.25 bits per heavy atom. The van der Waals surface area contributed by atoms with Crippen LogP contribution in [0.2, 0.25) is 0 Å². The molecule has 0 radical (unpaired) electrons. The number of aromatic nitrogens is 2. The van der Waals surface area contributed by atoms with Gasteiger partial charge in [-0.1, -0.05) is 6.92 Å². The van der Waals surface area contributed by atoms with E-state index in [1.54, 1.807) is 6.33 Å². The highest BCUT2D eigenvalue weighted by Crippen LogP contribution is 2.31. The highest BCUT2D eigenvalue weighted by Gasteiger charge is 2.28. The molecule has 1 aromatic rings. The zero-order valence-electron chi connectivity index (χ0n) is 14.9. The second-order valence-electron chi connectivity index (χ2n) is 7.00. The minimum atomic E-state index is 0.134. The highest BCUT2D eigenvalue weighted by atomic mass is 16.1. The molecule has 2 aliphatic heterocycles. The van der Waals surface area contributed by atoms with Gasteiger partial charge in [-0.25, -0.2) is 9.97 Å². The summed E-state index contributed by atoms with van der Waals surface area (Å²) in [6.45, 7) is 8.12. The van der Waals surface area contributed by atoms with Gasteiger partial charge in [0, 0.05) is 38.1 Å². The molecule has 2 saturated heterocycles. The smallest absolute Gasteiger partial charge is 0.223 e. The Kier molecular flexibility index (Phi) is 5.53. The van der Waals surface area contributed by atoms with Gasteiger partial charge in [0.1, 0.15) is 6.33 Å². The number of hydrogen-bond donors (Lipinski definition) is 1. The molecule has 6 nitrogen and oxygen atoms in total. The SMILES string of the molecule is CC[C@H](C)NC(=O)C1CCN(c2cncnc2N2CCCC2)CC1. The summed E-state index contributed by atoms with van der Waals surface area (Å²) in [5.74, 6) is 1.41. The third kappa shape index (κ3) is 3.79. The molecule has 3 rings (SSSR count). The number of nitrogens with zero attached hydrogens (tertiary/aromatic N) is 4. The van der Waals surface area contributed by atoms with Crippen LogP contribution in [0.3, 0.4) is 0 Å². The van der Waals surface area contributed by atoms with Crippen LogP contribution in [0.4, 0.5) is 11.5 Å². The molecule has 2 aliphatic rings. The van der Waals surface area contributed by atoms with Crippen molar-refractivity contribution in [3.63, 3.8) is 0 Å². The first-order valence-electron chi connectivity index (χ1n) is 9.29. The van der Waals surface area contributed by atoms with Gasteiger partial charge in [0.2, 0.25) is 5.91 Å². The zero-order valence-corrected chi connectivity index (χ0v) is 14.9. The average Bonchev–Trinajstić information content (AvgIpc) is 3.16. The Balaban J connectivity index is 1.62. The molecule has 0 saturated carbocycles. The maximum atomic E-state index is 12.3. The number of anilines is 2. The number of carbonyl (C=O) groups excluding carboxylic acids is 1. The van der Waals surface area contributed by atoms with Crippen LogP contribution in [0.15, 0.2) is 12.5 Å². The van der Waals surface area contributed by atoms with Gasteiger partial charge >= 0.3 is 0 Å². The summed E-state index contributed by atoms with van der Waals surface area (Å²) in [5, 5.41) is 3.12. The van der Waals surface area contributed by atoms with Crippen LogP contribution in [0.25, 0.3) is 0 Å². The van der Waals surface area contributed by atoms with E-state index in [9.17, 15) is 4.79 Å². The molecule has 0 bridgehead atoms. The van der Waals surface area contributed by atoms with E-state index < -0.39 is 0 Å². The maximum absolute atomic E-state index is 12.3. The third-order valence-electron chi connectivity index (χ3n) is 5.29. The first-order chi connectivity index (χ1) is 11.7. The van der Waals surface area contributed by atoms with Crippen LogP contribution in [0.1, 0.15) is 46.0 Å². The summed E-state index contributed by atoms with van der Waals surface area (Å²) in [5.41, 5.74) is 1.13. The molecule has 1 N–H and O–H groups in total. The van der Waals surface area contributed by atoms with Gasteiger partial charge in [-0.3, -0.25) is 4.79 Å². The molecule has 1 amide bonds. The molecule has 0 aromatic carbocycles. The highest BCUT2D eigenvalue weighted by molar-refractivity contribution is 5.79. The van der Waals surface area contributed by atoms with Crippen molar-refractivity contribution in [2.45, 2.75) is 52.0 Å².